The lowest BCUT2D eigenvalue weighted by Crippen LogP contribution is -2.02. The molecule has 1 aromatic heterocycles. The first-order valence-corrected chi connectivity index (χ1v) is 9.25. The largest absolute Gasteiger partial charge is 0.346 e. The summed E-state index contributed by atoms with van der Waals surface area (Å²) >= 11 is 0. The molecule has 0 aliphatic carbocycles. The van der Waals surface area contributed by atoms with Crippen LogP contribution in [0.3, 0.4) is 0 Å². The number of nitrogens with zero attached hydrogens (tertiary/aromatic N) is 2. The van der Waals surface area contributed by atoms with Crippen LogP contribution in [0.5, 0.6) is 0 Å². The maximum atomic E-state index is 11.6. The van der Waals surface area contributed by atoms with E-state index in [1.807, 2.05) is 0 Å². The molecule has 0 aromatic carbocycles. The monoisotopic (exact) mass is 308 g/mol. The SMILES string of the molecule is O=[PH](O)CCCCP(=O)(O)OCCc1cnccn1. The van der Waals surface area contributed by atoms with E-state index in [2.05, 4.69) is 9.97 Å². The molecular weight excluding hydrogens is 290 g/mol. The molecule has 7 nitrogen and oxygen atoms in total. The van der Waals surface area contributed by atoms with Crippen molar-refractivity contribution < 1.29 is 23.4 Å². The second kappa shape index (κ2) is 8.56. The number of rotatable bonds is 9. The molecule has 0 radical (unpaired) electrons. The van der Waals surface area contributed by atoms with E-state index in [1.54, 1.807) is 18.6 Å². The van der Waals surface area contributed by atoms with Gasteiger partial charge in [0.15, 0.2) is 8.03 Å². The van der Waals surface area contributed by atoms with Crippen LogP contribution in [-0.2, 0) is 20.1 Å². The molecule has 2 N–H and O–H groups in total. The van der Waals surface area contributed by atoms with Gasteiger partial charge in [-0.15, -0.1) is 0 Å². The molecule has 0 saturated carbocycles. The molecule has 0 aliphatic rings. The van der Waals surface area contributed by atoms with Crippen LogP contribution in [0, 0.1) is 0 Å². The number of hydrogen-bond donors (Lipinski definition) is 2. The molecule has 9 heteroatoms. The Hall–Kier alpha value is -0.580. The molecule has 1 aromatic rings. The molecule has 0 aliphatic heterocycles. The van der Waals surface area contributed by atoms with Gasteiger partial charge >= 0.3 is 7.60 Å². The number of unbranched alkanes of at least 4 members (excludes halogenated alkanes) is 1. The van der Waals surface area contributed by atoms with E-state index >= 15 is 0 Å². The van der Waals surface area contributed by atoms with Crippen molar-refractivity contribution in [3.8, 4) is 0 Å². The molecule has 1 rings (SSSR count). The van der Waals surface area contributed by atoms with Gasteiger partial charge in [0.05, 0.1) is 18.5 Å². The van der Waals surface area contributed by atoms with Crippen LogP contribution in [-0.4, -0.2) is 38.7 Å². The van der Waals surface area contributed by atoms with Gasteiger partial charge in [0, 0.05) is 31.2 Å². The minimum absolute atomic E-state index is 0.00259. The van der Waals surface area contributed by atoms with Crippen LogP contribution in [0.25, 0.3) is 0 Å². The lowest BCUT2D eigenvalue weighted by molar-refractivity contribution is 0.261. The van der Waals surface area contributed by atoms with E-state index in [1.165, 1.54) is 0 Å². The Labute approximate surface area is 112 Å². The highest BCUT2D eigenvalue weighted by atomic mass is 31.2. The fourth-order valence-corrected chi connectivity index (χ4v) is 3.09. The topological polar surface area (TPSA) is 110 Å². The minimum Gasteiger partial charge on any atom is -0.346 e. The second-order valence-corrected chi connectivity index (χ2v) is 7.26. The number of aromatic nitrogens is 2. The molecule has 108 valence electrons. The highest BCUT2D eigenvalue weighted by Crippen LogP contribution is 2.42. The van der Waals surface area contributed by atoms with Gasteiger partial charge in [-0.1, -0.05) is 0 Å². The summed E-state index contributed by atoms with van der Waals surface area (Å²) in [5.41, 5.74) is 0.696. The Morgan fingerprint density at radius 1 is 1.37 bits per heavy atom. The normalized spacial score (nSPS) is 15.9. The first kappa shape index (κ1) is 16.5. The highest BCUT2D eigenvalue weighted by molar-refractivity contribution is 7.52. The summed E-state index contributed by atoms with van der Waals surface area (Å²) in [4.78, 5) is 26.0. The summed E-state index contributed by atoms with van der Waals surface area (Å²) in [5.74, 6) is 0. The first-order chi connectivity index (χ1) is 8.99. The zero-order chi connectivity index (χ0) is 14.1. The Morgan fingerprint density at radius 2 is 2.16 bits per heavy atom. The van der Waals surface area contributed by atoms with Crippen LogP contribution in [0.1, 0.15) is 18.5 Å². The third kappa shape index (κ3) is 8.24. The van der Waals surface area contributed by atoms with Crippen molar-refractivity contribution in [2.45, 2.75) is 19.3 Å². The fourth-order valence-electron chi connectivity index (χ4n) is 1.40. The third-order valence-corrected chi connectivity index (χ3v) is 4.60. The summed E-state index contributed by atoms with van der Waals surface area (Å²) in [6.45, 7) is 0.100. The standard InChI is InChI=1S/C10H18N2O5P2/c13-18(14)7-1-2-8-19(15,16)17-6-3-10-9-11-4-5-12-10/h4-5,9,18H,1-3,6-8H2,(H,13,14)(H,15,16). The molecule has 1 heterocycles. The van der Waals surface area contributed by atoms with E-state index in [4.69, 9.17) is 9.42 Å². The van der Waals surface area contributed by atoms with Crippen LogP contribution in [0.2, 0.25) is 0 Å². The Kier molecular flexibility index (Phi) is 7.42. The summed E-state index contributed by atoms with van der Waals surface area (Å²) in [7, 11) is -6.09. The maximum Gasteiger partial charge on any atom is 0.328 e. The van der Waals surface area contributed by atoms with Crippen LogP contribution < -0.4 is 0 Å². The van der Waals surface area contributed by atoms with Crippen LogP contribution in [0.4, 0.5) is 0 Å². The van der Waals surface area contributed by atoms with Crippen LogP contribution >= 0.6 is 15.6 Å². The molecule has 0 saturated heterocycles. The van der Waals surface area contributed by atoms with Gasteiger partial charge in [-0.25, -0.2) is 0 Å². The minimum atomic E-state index is -3.61. The number of hydrogen-bond acceptors (Lipinski definition) is 5. The molecule has 0 spiro atoms. The molecule has 19 heavy (non-hydrogen) atoms. The Bertz CT molecular complexity index is 443. The summed E-state index contributed by atoms with van der Waals surface area (Å²) in [6, 6.07) is 0. The summed E-state index contributed by atoms with van der Waals surface area (Å²) in [6.07, 6.45) is 6.13. The summed E-state index contributed by atoms with van der Waals surface area (Å²) < 4.78 is 27.0. The first-order valence-electron chi connectivity index (χ1n) is 5.93. The van der Waals surface area contributed by atoms with Gasteiger partial charge in [0.1, 0.15) is 0 Å². The van der Waals surface area contributed by atoms with Crippen molar-refractivity contribution in [2.75, 3.05) is 18.9 Å². The van der Waals surface area contributed by atoms with Crippen molar-refractivity contribution >= 4 is 15.6 Å². The molecule has 0 fully saturated rings. The average molecular weight is 308 g/mol. The van der Waals surface area contributed by atoms with Gasteiger partial charge in [0.25, 0.3) is 0 Å². The van der Waals surface area contributed by atoms with E-state index in [0.717, 1.165) is 0 Å². The van der Waals surface area contributed by atoms with E-state index in [-0.39, 0.29) is 18.9 Å². The molecule has 0 amide bonds. The summed E-state index contributed by atoms with van der Waals surface area (Å²) in [5, 5.41) is 0. The molecule has 2 atom stereocenters. The van der Waals surface area contributed by atoms with Crippen molar-refractivity contribution in [1.29, 1.82) is 0 Å². The van der Waals surface area contributed by atoms with Crippen molar-refractivity contribution in [2.24, 2.45) is 0 Å². The predicted molar refractivity (Wildman–Crippen MR) is 71.7 cm³/mol. The lowest BCUT2D eigenvalue weighted by Gasteiger charge is -2.11. The molecule has 2 unspecified atom stereocenters. The lowest BCUT2D eigenvalue weighted by atomic mass is 10.3. The van der Waals surface area contributed by atoms with E-state index < -0.39 is 15.6 Å². The van der Waals surface area contributed by atoms with Crippen molar-refractivity contribution in [1.82, 2.24) is 9.97 Å². The second-order valence-electron chi connectivity index (χ2n) is 3.99. The zero-order valence-corrected chi connectivity index (χ0v) is 12.3. The fraction of sp³-hybridized carbons (Fsp3) is 0.600. The zero-order valence-electron chi connectivity index (χ0n) is 10.4. The van der Waals surface area contributed by atoms with Crippen molar-refractivity contribution in [3.63, 3.8) is 0 Å². The maximum absolute atomic E-state index is 11.6. The predicted octanol–water partition coefficient (Wildman–Crippen LogP) is 1.47. The Morgan fingerprint density at radius 3 is 2.79 bits per heavy atom. The van der Waals surface area contributed by atoms with Gasteiger partial charge in [-0.3, -0.25) is 19.1 Å². The highest BCUT2D eigenvalue weighted by Gasteiger charge is 2.18. The quantitative estimate of drug-likeness (QED) is 0.525. The molecular formula is C10H18N2O5P2. The van der Waals surface area contributed by atoms with Crippen molar-refractivity contribution in [3.05, 3.63) is 24.3 Å². The van der Waals surface area contributed by atoms with Gasteiger partial charge < -0.3 is 14.3 Å². The Balaban J connectivity index is 2.19. The van der Waals surface area contributed by atoms with E-state index in [9.17, 15) is 14.0 Å². The molecule has 0 bridgehead atoms. The smallest absolute Gasteiger partial charge is 0.328 e. The van der Waals surface area contributed by atoms with Gasteiger partial charge in [-0.2, -0.15) is 0 Å². The van der Waals surface area contributed by atoms with Crippen LogP contribution in [0.15, 0.2) is 18.6 Å². The van der Waals surface area contributed by atoms with Gasteiger partial charge in [-0.05, 0) is 12.8 Å². The third-order valence-electron chi connectivity index (χ3n) is 2.35. The average Bonchev–Trinajstić information content (AvgIpc) is 2.36. The van der Waals surface area contributed by atoms with Gasteiger partial charge in [0.2, 0.25) is 0 Å². The van der Waals surface area contributed by atoms with E-state index in [0.29, 0.717) is 25.0 Å².